The predicted molar refractivity (Wildman–Crippen MR) is 71.8 cm³/mol. The predicted octanol–water partition coefficient (Wildman–Crippen LogP) is 1.91. The fourth-order valence-corrected chi connectivity index (χ4v) is 5.09. The first-order valence-corrected chi connectivity index (χ1v) is 7.72. The van der Waals surface area contributed by atoms with Crippen LogP contribution in [0, 0.1) is 29.6 Å². The van der Waals surface area contributed by atoms with E-state index in [1.54, 1.807) is 0 Å². The Hall–Kier alpha value is -0.570. The summed E-state index contributed by atoms with van der Waals surface area (Å²) >= 11 is 0. The van der Waals surface area contributed by atoms with Crippen molar-refractivity contribution in [2.45, 2.75) is 51.5 Å². The lowest BCUT2D eigenvalue weighted by Gasteiger charge is -2.55. The van der Waals surface area contributed by atoms with E-state index < -0.39 is 0 Å². The van der Waals surface area contributed by atoms with E-state index in [2.05, 4.69) is 12.2 Å². The summed E-state index contributed by atoms with van der Waals surface area (Å²) in [5.41, 5.74) is 6.27. The molecule has 0 heterocycles. The molecule has 4 saturated carbocycles. The normalized spacial score (nSPS) is 42.9. The zero-order chi connectivity index (χ0) is 12.7. The molecule has 0 aromatic heterocycles. The Morgan fingerprint density at radius 1 is 1.17 bits per heavy atom. The van der Waals surface area contributed by atoms with Crippen LogP contribution in [0.4, 0.5) is 0 Å². The minimum absolute atomic E-state index is 0.0920. The number of carbonyl (C=O) groups excluding carboxylic acids is 1. The standard InChI is InChI=1S/C15H26N2O/c1-2-3-17-15(18)14(16)13-11-5-9-4-10(7-11)8-12(13)6-9/h9-14H,2-8,16H2,1H3,(H,17,18). The van der Waals surface area contributed by atoms with E-state index in [0.717, 1.165) is 36.6 Å². The van der Waals surface area contributed by atoms with E-state index in [9.17, 15) is 4.79 Å². The molecule has 0 spiro atoms. The number of hydrogen-bond acceptors (Lipinski definition) is 2. The Kier molecular flexibility index (Phi) is 3.35. The third kappa shape index (κ3) is 2.07. The van der Waals surface area contributed by atoms with Gasteiger partial charge in [-0.05, 0) is 68.1 Å². The largest absolute Gasteiger partial charge is 0.355 e. The van der Waals surface area contributed by atoms with Gasteiger partial charge in [-0.1, -0.05) is 6.92 Å². The van der Waals surface area contributed by atoms with Crippen LogP contribution in [0.3, 0.4) is 0 Å². The van der Waals surface area contributed by atoms with Crippen LogP contribution in [-0.2, 0) is 4.79 Å². The van der Waals surface area contributed by atoms with Gasteiger partial charge in [0.05, 0.1) is 6.04 Å². The van der Waals surface area contributed by atoms with Crippen molar-refractivity contribution in [3.8, 4) is 0 Å². The molecule has 4 aliphatic rings. The molecule has 1 amide bonds. The van der Waals surface area contributed by atoms with Crippen molar-refractivity contribution in [2.24, 2.45) is 35.3 Å². The van der Waals surface area contributed by atoms with Crippen LogP contribution in [0.1, 0.15) is 45.4 Å². The molecule has 4 fully saturated rings. The second-order valence-electron chi connectivity index (χ2n) is 6.82. The summed E-state index contributed by atoms with van der Waals surface area (Å²) < 4.78 is 0. The van der Waals surface area contributed by atoms with Crippen molar-refractivity contribution in [3.63, 3.8) is 0 Å². The summed E-state index contributed by atoms with van der Waals surface area (Å²) in [5, 5.41) is 2.98. The number of hydrogen-bond donors (Lipinski definition) is 2. The molecule has 0 aromatic rings. The van der Waals surface area contributed by atoms with E-state index in [1.165, 1.54) is 32.1 Å². The molecule has 1 atom stereocenters. The van der Waals surface area contributed by atoms with Gasteiger partial charge >= 0.3 is 0 Å². The minimum atomic E-state index is -0.258. The first-order valence-electron chi connectivity index (χ1n) is 7.72. The quantitative estimate of drug-likeness (QED) is 0.801. The van der Waals surface area contributed by atoms with Crippen LogP contribution in [0.15, 0.2) is 0 Å². The summed E-state index contributed by atoms with van der Waals surface area (Å²) in [6.07, 6.45) is 7.80. The fraction of sp³-hybridized carbons (Fsp3) is 0.933. The highest BCUT2D eigenvalue weighted by atomic mass is 16.2. The topological polar surface area (TPSA) is 55.1 Å². The molecule has 1 unspecified atom stereocenters. The highest BCUT2D eigenvalue weighted by Crippen LogP contribution is 2.57. The van der Waals surface area contributed by atoms with Crippen molar-refractivity contribution in [1.82, 2.24) is 5.32 Å². The monoisotopic (exact) mass is 250 g/mol. The Labute approximate surface area is 110 Å². The lowest BCUT2D eigenvalue weighted by Crippen LogP contribution is -2.56. The van der Waals surface area contributed by atoms with Crippen LogP contribution in [0.25, 0.3) is 0 Å². The lowest BCUT2D eigenvalue weighted by molar-refractivity contribution is -0.128. The number of nitrogens with one attached hydrogen (secondary N) is 1. The molecule has 3 heteroatoms. The highest BCUT2D eigenvalue weighted by molar-refractivity contribution is 5.81. The van der Waals surface area contributed by atoms with Gasteiger partial charge in [0.15, 0.2) is 0 Å². The summed E-state index contributed by atoms with van der Waals surface area (Å²) in [5.74, 6) is 3.94. The molecular formula is C15H26N2O. The average Bonchev–Trinajstić information content (AvgIpc) is 2.34. The molecule has 4 aliphatic carbocycles. The number of carbonyl (C=O) groups is 1. The molecule has 0 radical (unpaired) electrons. The Balaban J connectivity index is 1.67. The van der Waals surface area contributed by atoms with Gasteiger partial charge in [-0.15, -0.1) is 0 Å². The number of nitrogens with two attached hydrogens (primary N) is 1. The van der Waals surface area contributed by atoms with Gasteiger partial charge in [-0.2, -0.15) is 0 Å². The zero-order valence-electron chi connectivity index (χ0n) is 11.4. The number of rotatable bonds is 4. The van der Waals surface area contributed by atoms with Crippen LogP contribution in [0.2, 0.25) is 0 Å². The van der Waals surface area contributed by atoms with E-state index >= 15 is 0 Å². The van der Waals surface area contributed by atoms with Crippen LogP contribution in [0.5, 0.6) is 0 Å². The second kappa shape index (κ2) is 4.84. The van der Waals surface area contributed by atoms with E-state index in [0.29, 0.717) is 5.92 Å². The molecule has 4 rings (SSSR count). The molecule has 102 valence electrons. The van der Waals surface area contributed by atoms with Crippen molar-refractivity contribution in [2.75, 3.05) is 6.54 Å². The van der Waals surface area contributed by atoms with Crippen molar-refractivity contribution in [3.05, 3.63) is 0 Å². The van der Waals surface area contributed by atoms with Gasteiger partial charge in [0.25, 0.3) is 0 Å². The van der Waals surface area contributed by atoms with Gasteiger partial charge in [0.2, 0.25) is 5.91 Å². The molecule has 0 aliphatic heterocycles. The molecule has 0 aromatic carbocycles. The summed E-state index contributed by atoms with van der Waals surface area (Å²) in [4.78, 5) is 12.1. The average molecular weight is 250 g/mol. The van der Waals surface area contributed by atoms with Gasteiger partial charge in [-0.3, -0.25) is 4.79 Å². The van der Waals surface area contributed by atoms with Gasteiger partial charge in [0.1, 0.15) is 0 Å². The summed E-state index contributed by atoms with van der Waals surface area (Å²) in [6, 6.07) is -0.258. The van der Waals surface area contributed by atoms with Gasteiger partial charge < -0.3 is 11.1 Å². The maximum atomic E-state index is 12.1. The molecule has 18 heavy (non-hydrogen) atoms. The fourth-order valence-electron chi connectivity index (χ4n) is 5.09. The minimum Gasteiger partial charge on any atom is -0.355 e. The van der Waals surface area contributed by atoms with Crippen LogP contribution in [-0.4, -0.2) is 18.5 Å². The number of amides is 1. The zero-order valence-corrected chi connectivity index (χ0v) is 11.4. The molecule has 3 nitrogen and oxygen atoms in total. The lowest BCUT2D eigenvalue weighted by atomic mass is 9.50. The Bertz CT molecular complexity index is 300. The van der Waals surface area contributed by atoms with Crippen molar-refractivity contribution < 1.29 is 4.79 Å². The smallest absolute Gasteiger partial charge is 0.237 e. The van der Waals surface area contributed by atoms with E-state index in [1.807, 2.05) is 0 Å². The molecular weight excluding hydrogens is 224 g/mol. The summed E-state index contributed by atoms with van der Waals surface area (Å²) in [7, 11) is 0. The van der Waals surface area contributed by atoms with E-state index in [-0.39, 0.29) is 11.9 Å². The third-order valence-electron chi connectivity index (χ3n) is 5.57. The van der Waals surface area contributed by atoms with Crippen molar-refractivity contribution in [1.29, 1.82) is 0 Å². The SMILES string of the molecule is CCCNC(=O)C(N)C1C2CC3CC(C2)CC1C3. The summed E-state index contributed by atoms with van der Waals surface area (Å²) in [6.45, 7) is 2.84. The Morgan fingerprint density at radius 3 is 2.22 bits per heavy atom. The van der Waals surface area contributed by atoms with E-state index in [4.69, 9.17) is 5.73 Å². The second-order valence-corrected chi connectivity index (χ2v) is 6.82. The highest BCUT2D eigenvalue weighted by Gasteiger charge is 2.50. The molecule has 0 saturated heterocycles. The first kappa shape index (κ1) is 12.5. The van der Waals surface area contributed by atoms with Crippen LogP contribution < -0.4 is 11.1 Å². The van der Waals surface area contributed by atoms with Gasteiger partial charge in [0, 0.05) is 6.54 Å². The Morgan fingerprint density at radius 2 is 1.72 bits per heavy atom. The first-order chi connectivity index (χ1) is 8.69. The molecule has 3 N–H and O–H groups in total. The maximum absolute atomic E-state index is 12.1. The third-order valence-corrected chi connectivity index (χ3v) is 5.57. The van der Waals surface area contributed by atoms with Crippen molar-refractivity contribution >= 4 is 5.91 Å². The maximum Gasteiger partial charge on any atom is 0.237 e. The van der Waals surface area contributed by atoms with Crippen LogP contribution >= 0.6 is 0 Å². The van der Waals surface area contributed by atoms with Gasteiger partial charge in [-0.25, -0.2) is 0 Å². The molecule has 4 bridgehead atoms.